The zero-order chi connectivity index (χ0) is 22.5. The summed E-state index contributed by atoms with van der Waals surface area (Å²) in [5, 5.41) is 24.2. The summed E-state index contributed by atoms with van der Waals surface area (Å²) in [7, 11) is 0. The Labute approximate surface area is 189 Å². The minimum absolute atomic E-state index is 0.296. The molecule has 0 amide bonds. The van der Waals surface area contributed by atoms with Gasteiger partial charge in [-0.15, -0.1) is 0 Å². The third-order valence-corrected chi connectivity index (χ3v) is 6.36. The molecule has 2 atom stereocenters. The maximum Gasteiger partial charge on any atom is 0.225 e. The van der Waals surface area contributed by atoms with Gasteiger partial charge in [-0.2, -0.15) is 15.3 Å². The Hall–Kier alpha value is -3.18. The first-order valence-electron chi connectivity index (χ1n) is 11.6. The van der Waals surface area contributed by atoms with Gasteiger partial charge in [0.1, 0.15) is 5.82 Å². The average molecular weight is 433 g/mol. The molecule has 3 heterocycles. The first-order chi connectivity index (χ1) is 15.6. The zero-order valence-electron chi connectivity index (χ0n) is 19.1. The summed E-state index contributed by atoms with van der Waals surface area (Å²) in [6.45, 7) is 7.30. The highest BCUT2D eigenvalue weighted by Crippen LogP contribution is 2.30. The van der Waals surface area contributed by atoms with Gasteiger partial charge in [0.05, 0.1) is 11.6 Å². The molecule has 0 bridgehead atoms. The van der Waals surface area contributed by atoms with Crippen molar-refractivity contribution >= 4 is 28.5 Å². The van der Waals surface area contributed by atoms with Gasteiger partial charge in [0.2, 0.25) is 5.95 Å². The second-order valence-corrected chi connectivity index (χ2v) is 8.56. The smallest absolute Gasteiger partial charge is 0.225 e. The number of para-hydroxylation sites is 1. The molecule has 0 spiro atoms. The fourth-order valence-electron chi connectivity index (χ4n) is 4.81. The highest BCUT2D eigenvalue weighted by molar-refractivity contribution is 5.91. The van der Waals surface area contributed by atoms with Gasteiger partial charge in [0.25, 0.3) is 0 Å². The van der Waals surface area contributed by atoms with E-state index in [1.54, 1.807) is 0 Å². The van der Waals surface area contributed by atoms with Gasteiger partial charge in [-0.25, -0.2) is 4.98 Å². The van der Waals surface area contributed by atoms with Gasteiger partial charge in [-0.3, -0.25) is 10.00 Å². The zero-order valence-corrected chi connectivity index (χ0v) is 19.1. The second-order valence-electron chi connectivity index (χ2n) is 8.56. The molecule has 8 nitrogen and oxygen atoms in total. The van der Waals surface area contributed by atoms with E-state index < -0.39 is 0 Å². The monoisotopic (exact) mass is 432 g/mol. The second kappa shape index (κ2) is 9.96. The number of nitrogens with zero attached hydrogens (tertiary/aromatic N) is 5. The minimum Gasteiger partial charge on any atom is -0.351 e. The van der Waals surface area contributed by atoms with E-state index in [4.69, 9.17) is 15.2 Å². The van der Waals surface area contributed by atoms with Crippen LogP contribution in [-0.2, 0) is 0 Å². The summed E-state index contributed by atoms with van der Waals surface area (Å²) in [5.41, 5.74) is 1.88. The van der Waals surface area contributed by atoms with Gasteiger partial charge < -0.3 is 10.6 Å². The minimum atomic E-state index is 0.296. The quantitative estimate of drug-likeness (QED) is 0.471. The largest absolute Gasteiger partial charge is 0.351 e. The molecule has 8 heteroatoms. The molecule has 0 aliphatic carbocycles. The van der Waals surface area contributed by atoms with Gasteiger partial charge in [0.15, 0.2) is 5.82 Å². The Morgan fingerprint density at radius 2 is 1.91 bits per heavy atom. The summed E-state index contributed by atoms with van der Waals surface area (Å²) >= 11 is 0. The van der Waals surface area contributed by atoms with E-state index in [-0.39, 0.29) is 0 Å². The summed E-state index contributed by atoms with van der Waals surface area (Å²) < 4.78 is 0. The van der Waals surface area contributed by atoms with Crippen molar-refractivity contribution in [3.8, 4) is 6.07 Å². The topological polar surface area (TPSA) is 106 Å². The number of aromatic amines is 1. The Morgan fingerprint density at radius 1 is 1.16 bits per heavy atom. The van der Waals surface area contributed by atoms with Crippen LogP contribution in [0.1, 0.15) is 51.6 Å². The number of hydrogen-bond donors (Lipinski definition) is 3. The van der Waals surface area contributed by atoms with Crippen LogP contribution < -0.4 is 10.6 Å². The van der Waals surface area contributed by atoms with E-state index in [1.165, 1.54) is 0 Å². The summed E-state index contributed by atoms with van der Waals surface area (Å²) in [5.74, 6) is 2.12. The molecule has 4 rings (SSSR count). The summed E-state index contributed by atoms with van der Waals surface area (Å²) in [6.07, 6.45) is 4.78. The van der Waals surface area contributed by atoms with Crippen molar-refractivity contribution in [2.45, 2.75) is 71.0 Å². The van der Waals surface area contributed by atoms with Crippen LogP contribution in [0.5, 0.6) is 0 Å². The molecule has 3 N–H and O–H groups in total. The van der Waals surface area contributed by atoms with E-state index in [0.717, 1.165) is 60.5 Å². The molecule has 1 aromatic carbocycles. The van der Waals surface area contributed by atoms with Gasteiger partial charge >= 0.3 is 0 Å². The third-order valence-electron chi connectivity index (χ3n) is 6.36. The molecule has 1 aliphatic rings. The van der Waals surface area contributed by atoms with Crippen LogP contribution in [0.15, 0.2) is 30.3 Å². The van der Waals surface area contributed by atoms with E-state index in [9.17, 15) is 0 Å². The molecule has 168 valence electrons. The first-order valence-corrected chi connectivity index (χ1v) is 11.6. The first kappa shape index (κ1) is 22.0. The number of piperidine rings is 1. The average Bonchev–Trinajstić information content (AvgIpc) is 3.22. The normalized spacial score (nSPS) is 21.4. The van der Waals surface area contributed by atoms with Crippen LogP contribution in [0.3, 0.4) is 0 Å². The van der Waals surface area contributed by atoms with Gasteiger partial charge in [0, 0.05) is 48.2 Å². The number of aryl methyl sites for hydroxylation is 1. The lowest BCUT2D eigenvalue weighted by Gasteiger charge is -2.45. The number of benzene rings is 1. The number of H-pyrrole nitrogens is 1. The molecule has 0 radical (unpaired) electrons. The van der Waals surface area contributed by atoms with Crippen LogP contribution >= 0.6 is 0 Å². The number of hydrogen-bond acceptors (Lipinski definition) is 7. The van der Waals surface area contributed by atoms with Crippen molar-refractivity contribution in [1.82, 2.24) is 25.1 Å². The van der Waals surface area contributed by atoms with E-state index >= 15 is 0 Å². The molecule has 2 aromatic heterocycles. The molecular formula is C24H32N8. The highest BCUT2D eigenvalue weighted by atomic mass is 15.2. The van der Waals surface area contributed by atoms with E-state index in [0.29, 0.717) is 30.5 Å². The number of likely N-dealkylation sites (tertiary alicyclic amines) is 1. The van der Waals surface area contributed by atoms with Crippen LogP contribution in [0, 0.1) is 18.3 Å². The number of anilines is 3. The Morgan fingerprint density at radius 3 is 2.56 bits per heavy atom. The predicted octanol–water partition coefficient (Wildman–Crippen LogP) is 4.75. The Bertz CT molecular complexity index is 1070. The SMILES string of the molecule is CCC1CC(Nc2nc(Nc3cc(C)[nH]n3)c3ccccc3n2)CC(CC)N1CCC#N. The number of aromatic nitrogens is 4. The lowest BCUT2D eigenvalue weighted by atomic mass is 9.88. The lowest BCUT2D eigenvalue weighted by Crippen LogP contribution is -2.52. The number of rotatable bonds is 8. The highest BCUT2D eigenvalue weighted by Gasteiger charge is 2.33. The van der Waals surface area contributed by atoms with Crippen molar-refractivity contribution in [3.63, 3.8) is 0 Å². The van der Waals surface area contributed by atoms with Crippen molar-refractivity contribution < 1.29 is 0 Å². The Kier molecular flexibility index (Phi) is 6.86. The van der Waals surface area contributed by atoms with Crippen LogP contribution in [0.2, 0.25) is 0 Å². The molecular weight excluding hydrogens is 400 g/mol. The molecule has 2 unspecified atom stereocenters. The van der Waals surface area contributed by atoms with Crippen LogP contribution in [-0.4, -0.2) is 49.7 Å². The van der Waals surface area contributed by atoms with Gasteiger partial charge in [-0.05, 0) is 44.7 Å². The van der Waals surface area contributed by atoms with Crippen molar-refractivity contribution in [3.05, 3.63) is 36.0 Å². The molecule has 1 aliphatic heterocycles. The van der Waals surface area contributed by atoms with Crippen molar-refractivity contribution in [1.29, 1.82) is 5.26 Å². The number of fused-ring (bicyclic) bond motifs is 1. The predicted molar refractivity (Wildman–Crippen MR) is 128 cm³/mol. The summed E-state index contributed by atoms with van der Waals surface area (Å²) in [4.78, 5) is 12.2. The van der Waals surface area contributed by atoms with Crippen molar-refractivity contribution in [2.75, 3.05) is 17.2 Å². The molecule has 3 aromatic rings. The maximum atomic E-state index is 9.06. The van der Waals surface area contributed by atoms with Crippen LogP contribution in [0.4, 0.5) is 17.6 Å². The van der Waals surface area contributed by atoms with E-state index in [2.05, 4.69) is 45.6 Å². The number of nitrogens with one attached hydrogen (secondary N) is 3. The van der Waals surface area contributed by atoms with Crippen LogP contribution in [0.25, 0.3) is 10.9 Å². The summed E-state index contributed by atoms with van der Waals surface area (Å²) in [6, 6.07) is 13.5. The van der Waals surface area contributed by atoms with E-state index in [1.807, 2.05) is 37.3 Å². The van der Waals surface area contributed by atoms with Gasteiger partial charge in [-0.1, -0.05) is 26.0 Å². The molecule has 1 fully saturated rings. The fourth-order valence-corrected chi connectivity index (χ4v) is 4.81. The maximum absolute atomic E-state index is 9.06. The fraction of sp³-hybridized carbons (Fsp3) is 0.500. The standard InChI is InChI=1S/C24H32N8/c1-4-18-14-17(15-19(5-2)32(18)12-8-11-25)26-24-27-21-10-7-6-9-20(21)23(29-24)28-22-13-16(3)30-31-22/h6-7,9-10,13,17-19H,4-5,8,12,14-15H2,1-3H3,(H3,26,27,28,29,30,31). The molecule has 0 saturated carbocycles. The molecule has 1 saturated heterocycles. The van der Waals surface area contributed by atoms with Crippen molar-refractivity contribution in [2.24, 2.45) is 0 Å². The Balaban J connectivity index is 1.58. The molecule has 32 heavy (non-hydrogen) atoms. The third kappa shape index (κ3) is 4.83. The number of nitriles is 1. The lowest BCUT2D eigenvalue weighted by molar-refractivity contribution is 0.0734.